The van der Waals surface area contributed by atoms with Crippen molar-refractivity contribution in [3.8, 4) is 0 Å². The second-order valence-corrected chi connectivity index (χ2v) is 5.79. The van der Waals surface area contributed by atoms with Crippen molar-refractivity contribution in [3.63, 3.8) is 0 Å². The quantitative estimate of drug-likeness (QED) is 0.682. The molecule has 0 spiro atoms. The highest BCUT2D eigenvalue weighted by Gasteiger charge is 2.09. The number of aromatic nitrogens is 1. The summed E-state index contributed by atoms with van der Waals surface area (Å²) >= 11 is 1.69. The first kappa shape index (κ1) is 13.8. The minimum absolute atomic E-state index is 0.274. The van der Waals surface area contributed by atoms with E-state index in [4.69, 9.17) is 4.74 Å². The molecule has 0 radical (unpaired) electrons. The van der Waals surface area contributed by atoms with Crippen LogP contribution in [0.4, 0.5) is 0 Å². The second kappa shape index (κ2) is 6.06. The molecule has 3 nitrogen and oxygen atoms in total. The van der Waals surface area contributed by atoms with E-state index in [1.165, 1.54) is 4.70 Å². The third kappa shape index (κ3) is 3.11. The van der Waals surface area contributed by atoms with Crippen molar-refractivity contribution in [1.82, 2.24) is 4.98 Å². The van der Waals surface area contributed by atoms with Gasteiger partial charge in [-0.2, -0.15) is 0 Å². The summed E-state index contributed by atoms with van der Waals surface area (Å²) in [6.07, 6.45) is 0.729. The van der Waals surface area contributed by atoms with Crippen molar-refractivity contribution >= 4 is 27.5 Å². The average Bonchev–Trinajstić information content (AvgIpc) is 2.90. The Kier molecular flexibility index (Phi) is 3.97. The zero-order valence-electron chi connectivity index (χ0n) is 11.7. The van der Waals surface area contributed by atoms with E-state index in [1.54, 1.807) is 17.4 Å². The van der Waals surface area contributed by atoms with Crippen molar-refractivity contribution in [3.05, 3.63) is 64.7 Å². The fraction of sp³-hybridized carbons (Fsp3) is 0.176. The number of carbonyl (C=O) groups is 1. The number of ether oxygens (including phenoxy) is 1. The minimum Gasteiger partial charge on any atom is -0.462 e. The molecule has 0 fully saturated rings. The Morgan fingerprint density at radius 2 is 2.05 bits per heavy atom. The Morgan fingerprint density at radius 1 is 1.19 bits per heavy atom. The van der Waals surface area contributed by atoms with Crippen LogP contribution in [0.25, 0.3) is 10.2 Å². The molecule has 1 aromatic heterocycles. The Labute approximate surface area is 127 Å². The fourth-order valence-electron chi connectivity index (χ4n) is 2.19. The van der Waals surface area contributed by atoms with Gasteiger partial charge < -0.3 is 4.74 Å². The number of hydrogen-bond donors (Lipinski definition) is 0. The normalized spacial score (nSPS) is 10.7. The molecule has 2 aromatic carbocycles. The SMILES string of the molecule is CCOC(=O)c1cccc(Cc2nc3ccccc3s2)c1. The van der Waals surface area contributed by atoms with E-state index in [-0.39, 0.29) is 5.97 Å². The zero-order chi connectivity index (χ0) is 14.7. The van der Waals surface area contributed by atoms with Gasteiger partial charge in [-0.25, -0.2) is 9.78 Å². The van der Waals surface area contributed by atoms with Crippen LogP contribution >= 0.6 is 11.3 Å². The summed E-state index contributed by atoms with van der Waals surface area (Å²) in [6, 6.07) is 15.7. The molecule has 0 N–H and O–H groups in total. The maximum atomic E-state index is 11.8. The molecule has 0 saturated heterocycles. The van der Waals surface area contributed by atoms with Crippen LogP contribution in [0.5, 0.6) is 0 Å². The van der Waals surface area contributed by atoms with Gasteiger partial charge >= 0.3 is 5.97 Å². The van der Waals surface area contributed by atoms with Crippen molar-refractivity contribution in [2.75, 3.05) is 6.61 Å². The van der Waals surface area contributed by atoms with Crippen molar-refractivity contribution in [1.29, 1.82) is 0 Å². The van der Waals surface area contributed by atoms with Crippen molar-refractivity contribution in [2.24, 2.45) is 0 Å². The van der Waals surface area contributed by atoms with Gasteiger partial charge in [-0.3, -0.25) is 0 Å². The van der Waals surface area contributed by atoms with Crippen LogP contribution in [0.15, 0.2) is 48.5 Å². The molecule has 0 bridgehead atoms. The number of benzene rings is 2. The van der Waals surface area contributed by atoms with Crippen LogP contribution in [0, 0.1) is 0 Å². The summed E-state index contributed by atoms with van der Waals surface area (Å²) in [5, 5.41) is 1.05. The number of nitrogens with zero attached hydrogens (tertiary/aromatic N) is 1. The first-order valence-corrected chi connectivity index (χ1v) is 7.68. The maximum Gasteiger partial charge on any atom is 0.338 e. The highest BCUT2D eigenvalue weighted by molar-refractivity contribution is 7.18. The van der Waals surface area contributed by atoms with E-state index in [1.807, 2.05) is 43.3 Å². The number of esters is 1. The summed E-state index contributed by atoms with van der Waals surface area (Å²) in [7, 11) is 0. The molecule has 3 rings (SSSR count). The highest BCUT2D eigenvalue weighted by atomic mass is 32.1. The number of fused-ring (bicyclic) bond motifs is 1. The molecule has 0 amide bonds. The summed E-state index contributed by atoms with van der Waals surface area (Å²) in [5.41, 5.74) is 2.69. The molecular formula is C17H15NO2S. The molecule has 21 heavy (non-hydrogen) atoms. The van der Waals surface area contributed by atoms with Crippen LogP contribution in [0.3, 0.4) is 0 Å². The Bertz CT molecular complexity index is 746. The predicted octanol–water partition coefficient (Wildman–Crippen LogP) is 4.06. The van der Waals surface area contributed by atoms with E-state index in [0.29, 0.717) is 12.2 Å². The first-order valence-electron chi connectivity index (χ1n) is 6.87. The van der Waals surface area contributed by atoms with Gasteiger partial charge in [-0.15, -0.1) is 11.3 Å². The third-order valence-corrected chi connectivity index (χ3v) is 4.17. The number of para-hydroxylation sites is 1. The number of hydrogen-bond acceptors (Lipinski definition) is 4. The third-order valence-electron chi connectivity index (χ3n) is 3.13. The second-order valence-electron chi connectivity index (χ2n) is 4.67. The van der Waals surface area contributed by atoms with Crippen LogP contribution in [-0.4, -0.2) is 17.6 Å². The standard InChI is InChI=1S/C17H15NO2S/c1-2-20-17(19)13-7-5-6-12(10-13)11-16-18-14-8-3-4-9-15(14)21-16/h3-10H,2,11H2,1H3. The zero-order valence-corrected chi connectivity index (χ0v) is 12.5. The van der Waals surface area contributed by atoms with Crippen LogP contribution in [0.2, 0.25) is 0 Å². The number of rotatable bonds is 4. The van der Waals surface area contributed by atoms with E-state index < -0.39 is 0 Å². The lowest BCUT2D eigenvalue weighted by atomic mass is 10.1. The summed E-state index contributed by atoms with van der Waals surface area (Å²) in [4.78, 5) is 16.4. The minimum atomic E-state index is -0.274. The molecule has 0 atom stereocenters. The van der Waals surface area contributed by atoms with Crippen LogP contribution in [0.1, 0.15) is 27.9 Å². The summed E-state index contributed by atoms with van der Waals surface area (Å²) in [6.45, 7) is 2.20. The van der Waals surface area contributed by atoms with E-state index in [0.717, 1.165) is 22.5 Å². The maximum absolute atomic E-state index is 11.8. The predicted molar refractivity (Wildman–Crippen MR) is 84.8 cm³/mol. The van der Waals surface area contributed by atoms with E-state index >= 15 is 0 Å². The van der Waals surface area contributed by atoms with Gasteiger partial charge in [-0.1, -0.05) is 24.3 Å². The molecule has 3 aromatic rings. The van der Waals surface area contributed by atoms with Crippen LogP contribution < -0.4 is 0 Å². The van der Waals surface area contributed by atoms with Crippen molar-refractivity contribution < 1.29 is 9.53 Å². The van der Waals surface area contributed by atoms with Gasteiger partial charge in [0.05, 0.1) is 27.4 Å². The summed E-state index contributed by atoms with van der Waals surface area (Å²) in [5.74, 6) is -0.274. The summed E-state index contributed by atoms with van der Waals surface area (Å²) < 4.78 is 6.22. The molecule has 0 unspecified atom stereocenters. The molecular weight excluding hydrogens is 282 g/mol. The van der Waals surface area contributed by atoms with Gasteiger partial charge in [0.2, 0.25) is 0 Å². The van der Waals surface area contributed by atoms with Crippen molar-refractivity contribution in [2.45, 2.75) is 13.3 Å². The lowest BCUT2D eigenvalue weighted by Gasteiger charge is -2.03. The monoisotopic (exact) mass is 297 g/mol. The lowest BCUT2D eigenvalue weighted by molar-refractivity contribution is 0.0526. The molecule has 0 aliphatic carbocycles. The van der Waals surface area contributed by atoms with Gasteiger partial charge in [0.15, 0.2) is 0 Å². The van der Waals surface area contributed by atoms with Gasteiger partial charge in [0.1, 0.15) is 0 Å². The van der Waals surface area contributed by atoms with E-state index in [2.05, 4.69) is 11.1 Å². The number of thiazole rings is 1. The molecule has 106 valence electrons. The number of carbonyl (C=O) groups excluding carboxylic acids is 1. The van der Waals surface area contributed by atoms with E-state index in [9.17, 15) is 4.79 Å². The Hall–Kier alpha value is -2.20. The molecule has 0 aliphatic rings. The van der Waals surface area contributed by atoms with Crippen LogP contribution in [-0.2, 0) is 11.2 Å². The Balaban J connectivity index is 1.84. The largest absolute Gasteiger partial charge is 0.462 e. The molecule has 1 heterocycles. The molecule has 0 aliphatic heterocycles. The molecule has 4 heteroatoms. The molecule has 0 saturated carbocycles. The first-order chi connectivity index (χ1) is 10.3. The van der Waals surface area contributed by atoms with Gasteiger partial charge in [0, 0.05) is 6.42 Å². The highest BCUT2D eigenvalue weighted by Crippen LogP contribution is 2.23. The Morgan fingerprint density at radius 3 is 2.86 bits per heavy atom. The lowest BCUT2D eigenvalue weighted by Crippen LogP contribution is -2.05. The average molecular weight is 297 g/mol. The topological polar surface area (TPSA) is 39.2 Å². The van der Waals surface area contributed by atoms with Gasteiger partial charge in [-0.05, 0) is 36.8 Å². The van der Waals surface area contributed by atoms with Gasteiger partial charge in [0.25, 0.3) is 0 Å². The smallest absolute Gasteiger partial charge is 0.338 e. The fourth-order valence-corrected chi connectivity index (χ4v) is 3.19.